The number of nitrogen functional groups attached to an aromatic ring is 1. The molecule has 8 nitrogen and oxygen atoms in total. The maximum absolute atomic E-state index is 13.4. The van der Waals surface area contributed by atoms with Crippen molar-refractivity contribution in [2.75, 3.05) is 18.9 Å². The van der Waals surface area contributed by atoms with Gasteiger partial charge < -0.3 is 19.9 Å². The van der Waals surface area contributed by atoms with Crippen LogP contribution in [0.5, 0.6) is 5.75 Å². The number of anilines is 1. The third-order valence-corrected chi connectivity index (χ3v) is 7.75. The molecule has 2 aliphatic carbocycles. The number of aromatic nitrogens is 4. The second-order valence-electron chi connectivity index (χ2n) is 10.5. The van der Waals surface area contributed by atoms with Crippen molar-refractivity contribution in [3.8, 4) is 5.75 Å². The third kappa shape index (κ3) is 5.95. The number of rotatable bonds is 7. The van der Waals surface area contributed by atoms with Gasteiger partial charge >= 0.3 is 6.18 Å². The summed E-state index contributed by atoms with van der Waals surface area (Å²) >= 11 is 0. The van der Waals surface area contributed by atoms with Crippen LogP contribution in [0, 0.1) is 0 Å². The minimum Gasteiger partial charge on any atom is -0.493 e. The van der Waals surface area contributed by atoms with Crippen LogP contribution < -0.4 is 10.5 Å². The molecule has 1 aromatic carbocycles. The molecule has 3 heterocycles. The van der Waals surface area contributed by atoms with Gasteiger partial charge in [0.2, 0.25) is 0 Å². The van der Waals surface area contributed by atoms with Gasteiger partial charge in [0.1, 0.15) is 42.1 Å². The van der Waals surface area contributed by atoms with E-state index in [0.717, 1.165) is 40.7 Å². The van der Waals surface area contributed by atoms with Gasteiger partial charge in [-0.1, -0.05) is 24.3 Å². The van der Waals surface area contributed by atoms with Gasteiger partial charge in [0.15, 0.2) is 5.65 Å². The maximum atomic E-state index is 13.4. The number of benzene rings is 1. The zero-order valence-corrected chi connectivity index (χ0v) is 22.6. The number of alkyl halides is 3. The van der Waals surface area contributed by atoms with E-state index < -0.39 is 11.7 Å². The van der Waals surface area contributed by atoms with E-state index in [1.165, 1.54) is 6.33 Å². The zero-order valence-electron chi connectivity index (χ0n) is 22.6. The highest BCUT2D eigenvalue weighted by atomic mass is 19.4. The van der Waals surface area contributed by atoms with E-state index in [2.05, 4.69) is 16.0 Å². The predicted molar refractivity (Wildman–Crippen MR) is 148 cm³/mol. The van der Waals surface area contributed by atoms with Crippen LogP contribution in [-0.2, 0) is 16.1 Å². The van der Waals surface area contributed by atoms with Crippen molar-refractivity contribution in [1.29, 1.82) is 0 Å². The van der Waals surface area contributed by atoms with Crippen molar-refractivity contribution in [2.45, 2.75) is 69.9 Å². The van der Waals surface area contributed by atoms with Crippen molar-refractivity contribution < 1.29 is 27.4 Å². The van der Waals surface area contributed by atoms with E-state index in [1.54, 1.807) is 0 Å². The molecule has 0 radical (unpaired) electrons. The summed E-state index contributed by atoms with van der Waals surface area (Å²) in [5.41, 5.74) is 8.87. The largest absolute Gasteiger partial charge is 0.493 e. The standard InChI is InChI=1S/C30H32F3N5O3/c31-30(32,33)24-6-1-2-7-25(24)40-17-19-4-3-5-23(16-19)41-22-10-8-20(9-11-22)27-26-28(34)35-18-36-29(26)38(37-27)21-12-14-39-15-13-21/h3-5,8-10,16,18,21-22H,1-2,6-7,11-15,17H2,(H2,34,35,36)/t22-/m1/s1. The first kappa shape index (κ1) is 27.3. The van der Waals surface area contributed by atoms with Gasteiger partial charge in [-0.3, -0.25) is 0 Å². The number of allylic oxidation sites excluding steroid dienone is 4. The quantitative estimate of drug-likeness (QED) is 0.350. The second-order valence-corrected chi connectivity index (χ2v) is 10.5. The Morgan fingerprint density at radius 2 is 1.93 bits per heavy atom. The monoisotopic (exact) mass is 567 g/mol. The number of nitrogens with two attached hydrogens (primary N) is 1. The van der Waals surface area contributed by atoms with Crippen LogP contribution in [0.4, 0.5) is 19.0 Å². The van der Waals surface area contributed by atoms with Crippen molar-refractivity contribution in [1.82, 2.24) is 19.7 Å². The maximum Gasteiger partial charge on any atom is 0.415 e. The smallest absolute Gasteiger partial charge is 0.415 e. The minimum absolute atomic E-state index is 0.0106. The molecule has 3 aliphatic rings. The van der Waals surface area contributed by atoms with Crippen molar-refractivity contribution in [3.63, 3.8) is 0 Å². The summed E-state index contributed by atoms with van der Waals surface area (Å²) in [5, 5.41) is 5.67. The Balaban J connectivity index is 1.14. The Bertz CT molecular complexity index is 1500. The summed E-state index contributed by atoms with van der Waals surface area (Å²) < 4.78 is 59.4. The van der Waals surface area contributed by atoms with E-state index in [0.29, 0.717) is 50.5 Å². The molecule has 6 rings (SSSR count). The molecular weight excluding hydrogens is 535 g/mol. The van der Waals surface area contributed by atoms with Gasteiger partial charge in [0.05, 0.1) is 17.0 Å². The highest BCUT2D eigenvalue weighted by Crippen LogP contribution is 2.38. The number of hydrogen-bond donors (Lipinski definition) is 1. The highest BCUT2D eigenvalue weighted by Gasteiger charge is 2.38. The Hall–Kier alpha value is -3.86. The summed E-state index contributed by atoms with van der Waals surface area (Å²) in [6, 6.07) is 7.47. The summed E-state index contributed by atoms with van der Waals surface area (Å²) in [6.07, 6.45) is 6.78. The average molecular weight is 568 g/mol. The zero-order chi connectivity index (χ0) is 28.4. The molecule has 0 amide bonds. The molecule has 0 spiro atoms. The molecule has 2 N–H and O–H groups in total. The number of halogens is 3. The first-order chi connectivity index (χ1) is 19.9. The van der Waals surface area contributed by atoms with Crippen LogP contribution in [0.2, 0.25) is 0 Å². The lowest BCUT2D eigenvalue weighted by atomic mass is 9.97. The molecule has 41 heavy (non-hydrogen) atoms. The fourth-order valence-electron chi connectivity index (χ4n) is 5.64. The van der Waals surface area contributed by atoms with Crippen LogP contribution in [0.25, 0.3) is 16.6 Å². The number of nitrogens with zero attached hydrogens (tertiary/aromatic N) is 4. The topological polar surface area (TPSA) is 97.3 Å². The van der Waals surface area contributed by atoms with Crippen molar-refractivity contribution >= 4 is 22.4 Å². The molecule has 0 saturated carbocycles. The Labute approximate surface area is 235 Å². The molecule has 1 atom stereocenters. The predicted octanol–water partition coefficient (Wildman–Crippen LogP) is 6.46. The van der Waals surface area contributed by atoms with E-state index in [1.807, 2.05) is 41.1 Å². The normalized spacial score (nSPS) is 20.4. The van der Waals surface area contributed by atoms with Crippen LogP contribution in [0.3, 0.4) is 0 Å². The molecule has 1 saturated heterocycles. The SMILES string of the molecule is Nc1ncnc2c1c(C1=CC[C@H](Oc3cccc(COC4=C(C(F)(F)F)CCCC4)c3)C=C1)nn2C1CCOCC1. The fraction of sp³-hybridized carbons (Fsp3) is 0.433. The van der Waals surface area contributed by atoms with Gasteiger partial charge in [-0.25, -0.2) is 14.6 Å². The molecule has 0 unspecified atom stereocenters. The van der Waals surface area contributed by atoms with Gasteiger partial charge in [-0.15, -0.1) is 0 Å². The van der Waals surface area contributed by atoms with Crippen LogP contribution in [-0.4, -0.2) is 45.2 Å². The molecule has 1 fully saturated rings. The van der Waals surface area contributed by atoms with E-state index >= 15 is 0 Å². The lowest BCUT2D eigenvalue weighted by Gasteiger charge is -2.23. The van der Waals surface area contributed by atoms with Crippen molar-refractivity contribution in [2.24, 2.45) is 0 Å². The Morgan fingerprint density at radius 1 is 1.10 bits per heavy atom. The van der Waals surface area contributed by atoms with Gasteiger partial charge in [0.25, 0.3) is 0 Å². The van der Waals surface area contributed by atoms with Crippen LogP contribution in [0.15, 0.2) is 60.2 Å². The molecule has 216 valence electrons. The average Bonchev–Trinajstić information content (AvgIpc) is 3.38. The number of fused-ring (bicyclic) bond motifs is 1. The Morgan fingerprint density at radius 3 is 2.71 bits per heavy atom. The molecule has 1 aliphatic heterocycles. The molecule has 2 aromatic heterocycles. The highest BCUT2D eigenvalue weighted by molar-refractivity contribution is 5.97. The Kier molecular flexibility index (Phi) is 7.70. The van der Waals surface area contributed by atoms with Crippen LogP contribution in [0.1, 0.15) is 62.2 Å². The molecule has 0 bridgehead atoms. The molecular formula is C30H32F3N5O3. The summed E-state index contributed by atoms with van der Waals surface area (Å²) in [7, 11) is 0. The van der Waals surface area contributed by atoms with E-state index in [-0.39, 0.29) is 30.9 Å². The lowest BCUT2D eigenvalue weighted by molar-refractivity contribution is -0.0997. The minimum atomic E-state index is -4.35. The van der Waals surface area contributed by atoms with Crippen molar-refractivity contribution in [3.05, 3.63) is 71.4 Å². The van der Waals surface area contributed by atoms with Gasteiger partial charge in [-0.2, -0.15) is 18.3 Å². The summed E-state index contributed by atoms with van der Waals surface area (Å²) in [5.74, 6) is 1.07. The third-order valence-electron chi connectivity index (χ3n) is 7.75. The van der Waals surface area contributed by atoms with Gasteiger partial charge in [0, 0.05) is 26.1 Å². The molecule has 3 aromatic rings. The van der Waals surface area contributed by atoms with E-state index in [4.69, 9.17) is 25.0 Å². The fourth-order valence-corrected chi connectivity index (χ4v) is 5.64. The number of ether oxygens (including phenoxy) is 3. The van der Waals surface area contributed by atoms with E-state index in [9.17, 15) is 13.2 Å². The summed E-state index contributed by atoms with van der Waals surface area (Å²) in [6.45, 7) is 1.43. The molecule has 11 heteroatoms. The van der Waals surface area contributed by atoms with Gasteiger partial charge in [-0.05, 0) is 61.4 Å². The second kappa shape index (κ2) is 11.6. The number of hydrogen-bond acceptors (Lipinski definition) is 7. The summed E-state index contributed by atoms with van der Waals surface area (Å²) in [4.78, 5) is 8.70. The lowest BCUT2D eigenvalue weighted by Crippen LogP contribution is -2.21. The first-order valence-corrected chi connectivity index (χ1v) is 14.0. The van der Waals surface area contributed by atoms with Crippen LogP contribution >= 0.6 is 0 Å². The first-order valence-electron chi connectivity index (χ1n) is 14.0.